The van der Waals surface area contributed by atoms with Crippen LogP contribution in [0.5, 0.6) is 0 Å². The van der Waals surface area contributed by atoms with Crippen molar-refractivity contribution in [1.29, 1.82) is 0 Å². The zero-order chi connectivity index (χ0) is 42.9. The van der Waals surface area contributed by atoms with Crippen LogP contribution in [0.2, 0.25) is 30.9 Å². The number of nitrogens with two attached hydrogens (primary N) is 1. The summed E-state index contributed by atoms with van der Waals surface area (Å²) in [5, 5.41) is 3.00. The second kappa shape index (κ2) is 20.1. The van der Waals surface area contributed by atoms with Crippen LogP contribution in [0.3, 0.4) is 0 Å². The van der Waals surface area contributed by atoms with Crippen LogP contribution in [0.1, 0.15) is 93.4 Å². The number of anilines is 3. The van der Waals surface area contributed by atoms with Gasteiger partial charge in [-0.05, 0) is 95.2 Å². The van der Waals surface area contributed by atoms with E-state index < -0.39 is 46.7 Å². The molecule has 0 aliphatic carbocycles. The van der Waals surface area contributed by atoms with Crippen molar-refractivity contribution < 1.29 is 38.1 Å². The molecule has 0 fully saturated rings. The van der Waals surface area contributed by atoms with Crippen LogP contribution in [0.4, 0.5) is 31.4 Å². The first-order valence-electron chi connectivity index (χ1n) is 16.0. The Morgan fingerprint density at radius 3 is 1.29 bits per heavy atom. The summed E-state index contributed by atoms with van der Waals surface area (Å²) in [4.78, 5) is 61.0. The van der Waals surface area contributed by atoms with Gasteiger partial charge in [0.2, 0.25) is 0 Å². The van der Waals surface area contributed by atoms with Crippen LogP contribution in [-0.2, 0) is 18.9 Å². The van der Waals surface area contributed by atoms with Crippen molar-refractivity contribution >= 4 is 111 Å². The lowest BCUT2D eigenvalue weighted by molar-refractivity contribution is 0.00697. The molecule has 0 saturated heterocycles. The number of carbonyl (C=O) groups is 4. The summed E-state index contributed by atoms with van der Waals surface area (Å²) in [6.07, 6.45) is -2.55. The maximum atomic E-state index is 12.4. The van der Waals surface area contributed by atoms with Crippen LogP contribution >= 0.6 is 69.6 Å². The van der Waals surface area contributed by atoms with Gasteiger partial charge in [0.1, 0.15) is 58.9 Å². The zero-order valence-corrected chi connectivity index (χ0v) is 36.8. The molecule has 14 nitrogen and oxygen atoms in total. The standard InChI is InChI=1S/2C15H20Cl2N2O4.C5H4Cl2N2/c1-14(2,3)22-12(20)19(13(21)23-15(4,5)6)9-7-10(16)18-11(17)8-9;1-14(2,3)22-12(20)10-8(7-9(16)19-11(10)17)18-13(21)23-15(4,5)6;6-4-1-3(8)2-5(7)9-4/h7-8H,1-6H3;7H,1-6H3,(H,18,19,21);1-2H,(H2,8,9). The summed E-state index contributed by atoms with van der Waals surface area (Å²) < 4.78 is 20.9. The highest BCUT2D eigenvalue weighted by molar-refractivity contribution is 6.36. The number of ether oxygens (including phenoxy) is 4. The molecule has 3 aromatic heterocycles. The molecule has 304 valence electrons. The number of rotatable bonds is 3. The number of carbonyl (C=O) groups excluding carboxylic acids is 4. The minimum atomic E-state index is -0.898. The first kappa shape index (κ1) is 49.5. The van der Waals surface area contributed by atoms with Gasteiger partial charge < -0.3 is 24.7 Å². The van der Waals surface area contributed by atoms with E-state index in [0.717, 1.165) is 4.90 Å². The summed E-state index contributed by atoms with van der Waals surface area (Å²) in [5.74, 6) is -0.724. The van der Waals surface area contributed by atoms with Crippen LogP contribution in [0.15, 0.2) is 30.3 Å². The molecule has 0 spiro atoms. The van der Waals surface area contributed by atoms with E-state index >= 15 is 0 Å². The second-order valence-electron chi connectivity index (χ2n) is 15.1. The van der Waals surface area contributed by atoms with Gasteiger partial charge in [0.15, 0.2) is 0 Å². The van der Waals surface area contributed by atoms with Crippen molar-refractivity contribution in [3.8, 4) is 0 Å². The number of hydrogen-bond acceptors (Lipinski definition) is 12. The smallest absolute Gasteiger partial charge is 0.424 e. The number of hydrogen-bond donors (Lipinski definition) is 2. The Morgan fingerprint density at radius 2 is 0.927 bits per heavy atom. The van der Waals surface area contributed by atoms with Gasteiger partial charge >= 0.3 is 24.2 Å². The minimum absolute atomic E-state index is 0.0216. The van der Waals surface area contributed by atoms with E-state index in [1.165, 1.54) is 30.3 Å². The fourth-order valence-corrected chi connectivity index (χ4v) is 4.92. The zero-order valence-electron chi connectivity index (χ0n) is 32.3. The Bertz CT molecular complexity index is 1760. The molecule has 3 aromatic rings. The van der Waals surface area contributed by atoms with Crippen molar-refractivity contribution in [2.45, 2.75) is 105 Å². The first-order valence-corrected chi connectivity index (χ1v) is 18.3. The van der Waals surface area contributed by atoms with Gasteiger partial charge in [-0.25, -0.2) is 34.1 Å². The van der Waals surface area contributed by atoms with Crippen LogP contribution in [0.25, 0.3) is 0 Å². The number of nitrogen functional groups attached to an aromatic ring is 1. The predicted octanol–water partition coefficient (Wildman–Crippen LogP) is 11.7. The topological polar surface area (TPSA) is 185 Å². The number of nitrogens with one attached hydrogen (secondary N) is 1. The van der Waals surface area contributed by atoms with Crippen LogP contribution in [0, 0.1) is 0 Å². The Kier molecular flexibility index (Phi) is 18.0. The summed E-state index contributed by atoms with van der Waals surface area (Å²) in [6.45, 7) is 20.4. The molecule has 0 atom stereocenters. The third-order valence-corrected chi connectivity index (χ3v) is 6.37. The van der Waals surface area contributed by atoms with Gasteiger partial charge in [0.05, 0.1) is 11.4 Å². The highest BCUT2D eigenvalue weighted by Crippen LogP contribution is 2.30. The number of esters is 1. The monoisotopic (exact) mass is 886 g/mol. The molecular formula is C35H44Cl6N6O8. The molecule has 3 amide bonds. The van der Waals surface area contributed by atoms with Crippen molar-refractivity contribution in [2.24, 2.45) is 0 Å². The molecule has 55 heavy (non-hydrogen) atoms. The summed E-state index contributed by atoms with van der Waals surface area (Å²) >= 11 is 34.5. The Balaban J connectivity index is 0.000000449. The quantitative estimate of drug-likeness (QED) is 0.144. The van der Waals surface area contributed by atoms with Crippen molar-refractivity contribution in [3.05, 3.63) is 66.8 Å². The Labute approximate surface area is 350 Å². The van der Waals surface area contributed by atoms with Crippen LogP contribution in [-0.4, -0.2) is 61.6 Å². The van der Waals surface area contributed by atoms with E-state index in [1.54, 1.807) is 83.1 Å². The van der Waals surface area contributed by atoms with Crippen molar-refractivity contribution in [1.82, 2.24) is 15.0 Å². The number of pyridine rings is 3. The minimum Gasteiger partial charge on any atom is -0.456 e. The SMILES string of the molecule is CC(C)(C)OC(=O)N(C(=O)OC(C)(C)C)c1cc(Cl)nc(Cl)c1.CC(C)(C)OC(=O)Nc1cc(Cl)nc(Cl)c1C(=O)OC(C)(C)C.Nc1cc(Cl)nc(Cl)c1. The van der Waals surface area contributed by atoms with E-state index in [1.807, 2.05) is 0 Å². The molecule has 3 N–H and O–H groups in total. The fourth-order valence-electron chi connectivity index (χ4n) is 3.49. The number of halogens is 6. The molecule has 0 aliphatic heterocycles. The average Bonchev–Trinajstić information content (AvgIpc) is 2.88. The molecule has 0 radical (unpaired) electrons. The van der Waals surface area contributed by atoms with Crippen molar-refractivity contribution in [2.75, 3.05) is 16.0 Å². The molecule has 3 rings (SSSR count). The normalized spacial score (nSPS) is 11.5. The molecule has 0 aromatic carbocycles. The number of nitrogens with zero attached hydrogens (tertiary/aromatic N) is 4. The number of amides is 3. The maximum absolute atomic E-state index is 12.4. The van der Waals surface area contributed by atoms with Gasteiger partial charge in [-0.15, -0.1) is 0 Å². The summed E-state index contributed by atoms with van der Waals surface area (Å²) in [5.41, 5.74) is 2.95. The lowest BCUT2D eigenvalue weighted by Crippen LogP contribution is -2.43. The molecule has 20 heteroatoms. The maximum Gasteiger partial charge on any atom is 0.424 e. The lowest BCUT2D eigenvalue weighted by Gasteiger charge is -2.28. The highest BCUT2D eigenvalue weighted by Gasteiger charge is 2.33. The second-order valence-corrected chi connectivity index (χ2v) is 17.4. The predicted molar refractivity (Wildman–Crippen MR) is 217 cm³/mol. The highest BCUT2D eigenvalue weighted by atomic mass is 35.5. The molecule has 3 heterocycles. The Hall–Kier alpha value is -3.53. The molecule has 0 bridgehead atoms. The van der Waals surface area contributed by atoms with Crippen LogP contribution < -0.4 is 16.0 Å². The molecule has 0 unspecified atom stereocenters. The van der Waals surface area contributed by atoms with E-state index in [9.17, 15) is 19.2 Å². The van der Waals surface area contributed by atoms with E-state index in [2.05, 4.69) is 20.3 Å². The molecule has 0 aliphatic rings. The van der Waals surface area contributed by atoms with Gasteiger partial charge in [0, 0.05) is 23.9 Å². The summed E-state index contributed by atoms with van der Waals surface area (Å²) in [7, 11) is 0. The van der Waals surface area contributed by atoms with Gasteiger partial charge in [0.25, 0.3) is 0 Å². The van der Waals surface area contributed by atoms with Gasteiger partial charge in [-0.1, -0.05) is 69.6 Å². The molecule has 0 saturated carbocycles. The summed E-state index contributed by atoms with van der Waals surface area (Å²) in [6, 6.07) is 7.01. The fraction of sp³-hybridized carbons (Fsp3) is 0.457. The van der Waals surface area contributed by atoms with E-state index in [-0.39, 0.29) is 37.6 Å². The van der Waals surface area contributed by atoms with Crippen molar-refractivity contribution in [3.63, 3.8) is 0 Å². The number of aromatic nitrogens is 3. The third-order valence-electron chi connectivity index (χ3n) is 5.13. The van der Waals surface area contributed by atoms with Gasteiger partial charge in [-0.2, -0.15) is 4.90 Å². The Morgan fingerprint density at radius 1 is 0.564 bits per heavy atom. The van der Waals surface area contributed by atoms with E-state index in [0.29, 0.717) is 16.0 Å². The number of imide groups is 1. The molecular weight excluding hydrogens is 845 g/mol. The largest absolute Gasteiger partial charge is 0.456 e. The van der Waals surface area contributed by atoms with Gasteiger partial charge in [-0.3, -0.25) is 5.32 Å². The first-order chi connectivity index (χ1) is 24.7. The lowest BCUT2D eigenvalue weighted by atomic mass is 10.1. The van der Waals surface area contributed by atoms with E-state index in [4.69, 9.17) is 94.3 Å². The third kappa shape index (κ3) is 20.3. The average molecular weight is 889 g/mol.